The number of carbonyl (C=O) groups is 1. The van der Waals surface area contributed by atoms with Gasteiger partial charge in [-0.1, -0.05) is 36.4 Å². The SMILES string of the molecule is C[C@](O)(c1ccc(C(=O)N(C2CC2)[C@H]2CC[C@@]3(CCc4ccccc43)CC2)cc1)C(F)(F)F. The third kappa shape index (κ3) is 3.86. The highest BCUT2D eigenvalue weighted by Crippen LogP contribution is 2.50. The van der Waals surface area contributed by atoms with Gasteiger partial charge in [0.1, 0.15) is 0 Å². The van der Waals surface area contributed by atoms with Gasteiger partial charge in [0.05, 0.1) is 0 Å². The Balaban J connectivity index is 1.32. The lowest BCUT2D eigenvalue weighted by molar-refractivity contribution is -0.258. The van der Waals surface area contributed by atoms with Crippen molar-refractivity contribution in [3.05, 3.63) is 70.8 Å². The maximum atomic E-state index is 13.4. The van der Waals surface area contributed by atoms with Crippen LogP contribution in [0, 0.1) is 0 Å². The average Bonchev–Trinajstić information content (AvgIpc) is 3.57. The second-order valence-electron chi connectivity index (χ2n) is 10.3. The van der Waals surface area contributed by atoms with E-state index in [2.05, 4.69) is 24.3 Å². The van der Waals surface area contributed by atoms with E-state index in [-0.39, 0.29) is 29.0 Å². The van der Waals surface area contributed by atoms with Gasteiger partial charge in [-0.25, -0.2) is 0 Å². The van der Waals surface area contributed by atoms with Crippen molar-refractivity contribution in [3.8, 4) is 0 Å². The van der Waals surface area contributed by atoms with E-state index < -0.39 is 11.8 Å². The van der Waals surface area contributed by atoms with Gasteiger partial charge in [-0.05, 0) is 92.5 Å². The van der Waals surface area contributed by atoms with Gasteiger partial charge in [0, 0.05) is 17.6 Å². The number of halogens is 3. The molecule has 3 nitrogen and oxygen atoms in total. The molecule has 0 heterocycles. The van der Waals surface area contributed by atoms with Gasteiger partial charge in [0.15, 0.2) is 5.60 Å². The Morgan fingerprint density at radius 2 is 1.55 bits per heavy atom. The Morgan fingerprint density at radius 3 is 2.15 bits per heavy atom. The van der Waals surface area contributed by atoms with Crippen molar-refractivity contribution in [1.29, 1.82) is 0 Å². The number of alkyl halides is 3. The molecule has 0 aromatic heterocycles. The normalized spacial score (nSPS) is 26.6. The summed E-state index contributed by atoms with van der Waals surface area (Å²) in [5, 5.41) is 9.91. The van der Waals surface area contributed by atoms with Crippen LogP contribution in [0.4, 0.5) is 13.2 Å². The van der Waals surface area contributed by atoms with Crippen molar-refractivity contribution in [2.75, 3.05) is 0 Å². The van der Waals surface area contributed by atoms with Crippen LogP contribution < -0.4 is 0 Å². The van der Waals surface area contributed by atoms with Crippen molar-refractivity contribution in [2.24, 2.45) is 0 Å². The van der Waals surface area contributed by atoms with E-state index in [1.54, 1.807) is 0 Å². The average molecular weight is 458 g/mol. The summed E-state index contributed by atoms with van der Waals surface area (Å²) >= 11 is 0. The molecular weight excluding hydrogens is 427 g/mol. The van der Waals surface area contributed by atoms with Gasteiger partial charge in [0.2, 0.25) is 0 Å². The van der Waals surface area contributed by atoms with Crippen molar-refractivity contribution in [3.63, 3.8) is 0 Å². The van der Waals surface area contributed by atoms with Crippen LogP contribution in [0.2, 0.25) is 0 Å². The standard InChI is InChI=1S/C27H30F3NO2/c1-25(33,27(28,29)30)20-8-6-19(7-9-20)24(32)31(21-10-11-21)22-13-16-26(17-14-22)15-12-18-4-2-3-5-23(18)26/h2-9,21-22,33H,10-17H2,1H3/t22-,25-,26-/m0/s1. The van der Waals surface area contributed by atoms with Crippen LogP contribution in [0.25, 0.3) is 0 Å². The third-order valence-corrected chi connectivity index (χ3v) is 8.19. The summed E-state index contributed by atoms with van der Waals surface area (Å²) in [5.74, 6) is -0.108. The molecule has 33 heavy (non-hydrogen) atoms. The largest absolute Gasteiger partial charge is 0.421 e. The second-order valence-corrected chi connectivity index (χ2v) is 10.3. The van der Waals surface area contributed by atoms with Crippen LogP contribution in [0.1, 0.15) is 78.9 Å². The molecule has 3 aliphatic carbocycles. The van der Waals surface area contributed by atoms with Crippen LogP contribution >= 0.6 is 0 Å². The maximum absolute atomic E-state index is 13.4. The van der Waals surface area contributed by atoms with Crippen molar-refractivity contribution < 1.29 is 23.1 Å². The highest BCUT2D eigenvalue weighted by Gasteiger charge is 2.51. The highest BCUT2D eigenvalue weighted by atomic mass is 19.4. The fourth-order valence-corrected chi connectivity index (χ4v) is 5.95. The maximum Gasteiger partial charge on any atom is 0.421 e. The van der Waals surface area contributed by atoms with E-state index in [0.717, 1.165) is 51.9 Å². The summed E-state index contributed by atoms with van der Waals surface area (Å²) in [6.45, 7) is 0.735. The molecule has 0 unspecified atom stereocenters. The highest BCUT2D eigenvalue weighted by molar-refractivity contribution is 5.95. The van der Waals surface area contributed by atoms with Crippen LogP contribution in [-0.2, 0) is 17.4 Å². The number of hydrogen-bond donors (Lipinski definition) is 1. The summed E-state index contributed by atoms with van der Waals surface area (Å²) in [6.07, 6.45) is 3.53. The molecule has 2 saturated carbocycles. The number of fused-ring (bicyclic) bond motifs is 2. The van der Waals surface area contributed by atoms with Crippen LogP contribution in [0.3, 0.4) is 0 Å². The first-order valence-corrected chi connectivity index (χ1v) is 11.9. The fourth-order valence-electron chi connectivity index (χ4n) is 5.95. The number of amides is 1. The zero-order chi connectivity index (χ0) is 23.4. The van der Waals surface area contributed by atoms with Gasteiger partial charge >= 0.3 is 6.18 Å². The molecule has 2 fully saturated rings. The third-order valence-electron chi connectivity index (χ3n) is 8.19. The summed E-state index contributed by atoms with van der Waals surface area (Å²) < 4.78 is 39.5. The number of carbonyl (C=O) groups excluding carboxylic acids is 1. The van der Waals surface area contributed by atoms with E-state index in [1.165, 1.54) is 41.8 Å². The van der Waals surface area contributed by atoms with E-state index in [9.17, 15) is 23.1 Å². The molecule has 1 atom stereocenters. The first-order chi connectivity index (χ1) is 15.6. The van der Waals surface area contributed by atoms with Crippen molar-refractivity contribution in [2.45, 2.75) is 87.6 Å². The molecule has 2 aromatic rings. The molecule has 0 saturated heterocycles. The number of rotatable bonds is 4. The Labute approximate surface area is 192 Å². The lowest BCUT2D eigenvalue weighted by Crippen LogP contribution is -2.46. The molecule has 1 spiro atoms. The topological polar surface area (TPSA) is 40.5 Å². The summed E-state index contributed by atoms with van der Waals surface area (Å²) in [4.78, 5) is 15.4. The van der Waals surface area contributed by atoms with E-state index >= 15 is 0 Å². The molecule has 5 rings (SSSR count). The predicted molar refractivity (Wildman–Crippen MR) is 120 cm³/mol. The molecule has 0 aliphatic heterocycles. The molecule has 1 N–H and O–H groups in total. The zero-order valence-electron chi connectivity index (χ0n) is 18.9. The first-order valence-electron chi connectivity index (χ1n) is 11.9. The summed E-state index contributed by atoms with van der Waals surface area (Å²) in [6, 6.07) is 14.4. The molecule has 0 radical (unpaired) electrons. The van der Waals surface area contributed by atoms with Crippen molar-refractivity contribution in [1.82, 2.24) is 4.90 Å². The van der Waals surface area contributed by atoms with Gasteiger partial charge in [0.25, 0.3) is 5.91 Å². The van der Waals surface area contributed by atoms with Gasteiger partial charge in [-0.3, -0.25) is 4.79 Å². The summed E-state index contributed by atoms with van der Waals surface area (Å²) in [7, 11) is 0. The Kier molecular flexibility index (Phi) is 5.35. The van der Waals surface area contributed by atoms with Gasteiger partial charge in [-0.2, -0.15) is 13.2 Å². The van der Waals surface area contributed by atoms with Gasteiger partial charge in [-0.15, -0.1) is 0 Å². The molecule has 6 heteroatoms. The first kappa shape index (κ1) is 22.5. The lowest BCUT2D eigenvalue weighted by atomic mass is 9.68. The zero-order valence-corrected chi connectivity index (χ0v) is 18.9. The second kappa shape index (κ2) is 7.86. The van der Waals surface area contributed by atoms with E-state index in [4.69, 9.17) is 0 Å². The minimum Gasteiger partial charge on any atom is -0.376 e. The van der Waals surface area contributed by atoms with E-state index in [0.29, 0.717) is 5.56 Å². The Hall–Kier alpha value is -2.34. The molecule has 176 valence electrons. The molecule has 1 amide bonds. The fraction of sp³-hybridized carbons (Fsp3) is 0.519. The molecule has 3 aliphatic rings. The minimum atomic E-state index is -4.78. The Morgan fingerprint density at radius 1 is 0.939 bits per heavy atom. The number of nitrogens with zero attached hydrogens (tertiary/aromatic N) is 1. The molecular formula is C27H30F3NO2. The summed E-state index contributed by atoms with van der Waals surface area (Å²) in [5.41, 5.74) is 0.357. The number of hydrogen-bond acceptors (Lipinski definition) is 2. The minimum absolute atomic E-state index is 0.108. The van der Waals surface area contributed by atoms with Crippen molar-refractivity contribution >= 4 is 5.91 Å². The van der Waals surface area contributed by atoms with E-state index in [1.807, 2.05) is 4.90 Å². The quantitative estimate of drug-likeness (QED) is 0.622. The lowest BCUT2D eigenvalue weighted by Gasteiger charge is -2.42. The van der Waals surface area contributed by atoms with Crippen LogP contribution in [-0.4, -0.2) is 34.2 Å². The molecule has 0 bridgehead atoms. The van der Waals surface area contributed by atoms with Crippen LogP contribution in [0.5, 0.6) is 0 Å². The number of benzene rings is 2. The monoisotopic (exact) mass is 457 g/mol. The number of aliphatic hydroxyl groups is 1. The number of aryl methyl sites for hydroxylation is 1. The smallest absolute Gasteiger partial charge is 0.376 e. The Bertz CT molecular complexity index is 1030. The van der Waals surface area contributed by atoms with Gasteiger partial charge < -0.3 is 10.0 Å². The molecule has 2 aromatic carbocycles. The van der Waals surface area contributed by atoms with Crippen LogP contribution in [0.15, 0.2) is 48.5 Å². The predicted octanol–water partition coefficient (Wildman–Crippen LogP) is 5.89.